The normalized spacial score (nSPS) is 13.4. The SMILES string of the molecule is O=C(Nc1cccc2ccccc12)C(=O)N1CCc2ccccc2C1. The fourth-order valence-electron chi connectivity index (χ4n) is 3.32. The number of nitrogens with zero attached hydrogens (tertiary/aromatic N) is 1. The van der Waals surface area contributed by atoms with E-state index in [0.717, 1.165) is 22.8 Å². The van der Waals surface area contributed by atoms with Gasteiger partial charge in [-0.05, 0) is 29.0 Å². The van der Waals surface area contributed by atoms with Crippen LogP contribution in [-0.2, 0) is 22.6 Å². The van der Waals surface area contributed by atoms with E-state index >= 15 is 0 Å². The lowest BCUT2D eigenvalue weighted by molar-refractivity contribution is -0.143. The highest BCUT2D eigenvalue weighted by Crippen LogP contribution is 2.23. The Bertz CT molecular complexity index is 960. The van der Waals surface area contributed by atoms with Crippen molar-refractivity contribution < 1.29 is 9.59 Å². The molecular formula is C21H18N2O2. The summed E-state index contributed by atoms with van der Waals surface area (Å²) in [7, 11) is 0. The first kappa shape index (κ1) is 15.4. The third kappa shape index (κ3) is 2.98. The van der Waals surface area contributed by atoms with Crippen molar-refractivity contribution in [2.24, 2.45) is 0 Å². The first-order chi connectivity index (χ1) is 12.2. The van der Waals surface area contributed by atoms with Crippen LogP contribution in [0.5, 0.6) is 0 Å². The average Bonchev–Trinajstić information content (AvgIpc) is 2.67. The number of hydrogen-bond acceptors (Lipinski definition) is 2. The van der Waals surface area contributed by atoms with Gasteiger partial charge in [0, 0.05) is 24.2 Å². The Morgan fingerprint density at radius 3 is 2.44 bits per heavy atom. The maximum Gasteiger partial charge on any atom is 0.313 e. The number of benzene rings is 3. The van der Waals surface area contributed by atoms with Crippen molar-refractivity contribution in [3.63, 3.8) is 0 Å². The second-order valence-corrected chi connectivity index (χ2v) is 6.23. The van der Waals surface area contributed by atoms with Gasteiger partial charge in [0.15, 0.2) is 0 Å². The Balaban J connectivity index is 1.52. The van der Waals surface area contributed by atoms with E-state index < -0.39 is 11.8 Å². The van der Waals surface area contributed by atoms with E-state index in [1.165, 1.54) is 5.56 Å². The van der Waals surface area contributed by atoms with E-state index in [-0.39, 0.29) is 0 Å². The lowest BCUT2D eigenvalue weighted by Gasteiger charge is -2.28. The minimum atomic E-state index is -0.587. The predicted molar refractivity (Wildman–Crippen MR) is 98.1 cm³/mol. The van der Waals surface area contributed by atoms with Crippen LogP contribution in [-0.4, -0.2) is 23.3 Å². The van der Waals surface area contributed by atoms with Gasteiger partial charge in [0.2, 0.25) is 0 Å². The maximum atomic E-state index is 12.6. The molecule has 4 rings (SSSR count). The number of carbonyl (C=O) groups excluding carboxylic acids is 2. The molecule has 124 valence electrons. The van der Waals surface area contributed by atoms with Gasteiger partial charge in [-0.2, -0.15) is 0 Å². The molecule has 25 heavy (non-hydrogen) atoms. The summed E-state index contributed by atoms with van der Waals surface area (Å²) in [6.45, 7) is 1.05. The summed E-state index contributed by atoms with van der Waals surface area (Å²) in [5.41, 5.74) is 3.02. The smallest absolute Gasteiger partial charge is 0.313 e. The summed E-state index contributed by atoms with van der Waals surface area (Å²) in [5.74, 6) is -1.07. The van der Waals surface area contributed by atoms with Crippen molar-refractivity contribution in [3.8, 4) is 0 Å². The average molecular weight is 330 g/mol. The van der Waals surface area contributed by atoms with E-state index in [1.54, 1.807) is 4.90 Å². The number of rotatable bonds is 1. The molecule has 1 N–H and O–H groups in total. The lowest BCUT2D eigenvalue weighted by atomic mass is 10.00. The van der Waals surface area contributed by atoms with Crippen LogP contribution in [0.1, 0.15) is 11.1 Å². The molecule has 0 saturated heterocycles. The Morgan fingerprint density at radius 1 is 0.840 bits per heavy atom. The predicted octanol–water partition coefficient (Wildman–Crippen LogP) is 3.36. The van der Waals surface area contributed by atoms with Crippen molar-refractivity contribution in [3.05, 3.63) is 77.9 Å². The number of amides is 2. The summed E-state index contributed by atoms with van der Waals surface area (Å²) < 4.78 is 0. The zero-order valence-electron chi connectivity index (χ0n) is 13.7. The topological polar surface area (TPSA) is 49.4 Å². The molecule has 0 radical (unpaired) electrons. The molecule has 3 aromatic carbocycles. The van der Waals surface area contributed by atoms with Crippen molar-refractivity contribution in [1.29, 1.82) is 0 Å². The fourth-order valence-corrected chi connectivity index (χ4v) is 3.32. The van der Waals surface area contributed by atoms with E-state index in [0.29, 0.717) is 18.8 Å². The van der Waals surface area contributed by atoms with Crippen molar-refractivity contribution in [2.45, 2.75) is 13.0 Å². The summed E-state index contributed by atoms with van der Waals surface area (Å²) in [4.78, 5) is 26.6. The molecule has 0 aromatic heterocycles. The van der Waals surface area contributed by atoms with Crippen LogP contribution >= 0.6 is 0 Å². The standard InChI is InChI=1S/C21H18N2O2/c24-20(22-19-11-5-9-16-7-3-4-10-18(16)19)21(25)23-13-12-15-6-1-2-8-17(15)14-23/h1-11H,12-14H2,(H,22,24). The largest absolute Gasteiger partial charge is 0.330 e. The summed E-state index contributed by atoms with van der Waals surface area (Å²) >= 11 is 0. The van der Waals surface area contributed by atoms with Gasteiger partial charge in [0.1, 0.15) is 0 Å². The molecule has 0 spiro atoms. The van der Waals surface area contributed by atoms with Gasteiger partial charge in [-0.1, -0.05) is 60.7 Å². The molecule has 2 amide bonds. The van der Waals surface area contributed by atoms with Gasteiger partial charge >= 0.3 is 11.8 Å². The van der Waals surface area contributed by atoms with E-state index in [4.69, 9.17) is 0 Å². The molecule has 0 aliphatic carbocycles. The van der Waals surface area contributed by atoms with Crippen LogP contribution in [0.3, 0.4) is 0 Å². The van der Waals surface area contributed by atoms with Gasteiger partial charge in [0.25, 0.3) is 0 Å². The minimum absolute atomic E-state index is 0.484. The Labute approximate surface area is 146 Å². The van der Waals surface area contributed by atoms with Gasteiger partial charge in [-0.25, -0.2) is 0 Å². The highest BCUT2D eigenvalue weighted by Gasteiger charge is 2.25. The highest BCUT2D eigenvalue weighted by molar-refractivity contribution is 6.40. The first-order valence-corrected chi connectivity index (χ1v) is 8.37. The van der Waals surface area contributed by atoms with Crippen LogP contribution in [0.4, 0.5) is 5.69 Å². The molecule has 3 aromatic rings. The van der Waals surface area contributed by atoms with Gasteiger partial charge in [0.05, 0.1) is 0 Å². The molecule has 0 fully saturated rings. The van der Waals surface area contributed by atoms with Crippen molar-refractivity contribution >= 4 is 28.3 Å². The summed E-state index contributed by atoms with van der Waals surface area (Å²) in [6, 6.07) is 21.5. The van der Waals surface area contributed by atoms with Crippen LogP contribution < -0.4 is 5.32 Å². The Kier molecular flexibility index (Phi) is 3.94. The van der Waals surface area contributed by atoms with Crippen LogP contribution in [0.2, 0.25) is 0 Å². The zero-order valence-corrected chi connectivity index (χ0v) is 13.7. The highest BCUT2D eigenvalue weighted by atomic mass is 16.2. The van der Waals surface area contributed by atoms with Crippen LogP contribution in [0.15, 0.2) is 66.7 Å². The molecule has 1 aliphatic rings. The lowest BCUT2D eigenvalue weighted by Crippen LogP contribution is -2.42. The van der Waals surface area contributed by atoms with E-state index in [1.807, 2.05) is 60.7 Å². The third-order valence-electron chi connectivity index (χ3n) is 4.65. The molecular weight excluding hydrogens is 312 g/mol. The number of anilines is 1. The van der Waals surface area contributed by atoms with Crippen LogP contribution in [0.25, 0.3) is 10.8 Å². The monoisotopic (exact) mass is 330 g/mol. The Morgan fingerprint density at radius 2 is 1.56 bits per heavy atom. The van der Waals surface area contributed by atoms with E-state index in [9.17, 15) is 9.59 Å². The molecule has 1 aliphatic heterocycles. The fraction of sp³-hybridized carbons (Fsp3) is 0.143. The third-order valence-corrected chi connectivity index (χ3v) is 4.65. The van der Waals surface area contributed by atoms with E-state index in [2.05, 4.69) is 11.4 Å². The van der Waals surface area contributed by atoms with Crippen molar-refractivity contribution in [2.75, 3.05) is 11.9 Å². The maximum absolute atomic E-state index is 12.6. The van der Waals surface area contributed by atoms with Gasteiger partial charge in [-0.15, -0.1) is 0 Å². The van der Waals surface area contributed by atoms with Crippen molar-refractivity contribution in [1.82, 2.24) is 4.90 Å². The molecule has 0 bridgehead atoms. The molecule has 4 nitrogen and oxygen atoms in total. The molecule has 0 unspecified atom stereocenters. The molecule has 1 heterocycles. The number of hydrogen-bond donors (Lipinski definition) is 1. The van der Waals surface area contributed by atoms with Crippen LogP contribution in [0, 0.1) is 0 Å². The minimum Gasteiger partial charge on any atom is -0.330 e. The summed E-state index contributed by atoms with van der Waals surface area (Å²) in [6.07, 6.45) is 0.781. The molecule has 0 atom stereocenters. The quantitative estimate of drug-likeness (QED) is 0.696. The second-order valence-electron chi connectivity index (χ2n) is 6.23. The molecule has 4 heteroatoms. The Hall–Kier alpha value is -3.14. The number of carbonyl (C=O) groups is 2. The summed E-state index contributed by atoms with van der Waals surface area (Å²) in [5, 5.41) is 4.73. The molecule has 0 saturated carbocycles. The van der Waals surface area contributed by atoms with Gasteiger partial charge < -0.3 is 10.2 Å². The second kappa shape index (κ2) is 6.40. The van der Waals surface area contributed by atoms with Gasteiger partial charge in [-0.3, -0.25) is 9.59 Å². The number of fused-ring (bicyclic) bond motifs is 2. The number of nitrogens with one attached hydrogen (secondary N) is 1. The zero-order chi connectivity index (χ0) is 17.2. The first-order valence-electron chi connectivity index (χ1n) is 8.37.